The molecule has 0 spiro atoms. The van der Waals surface area contributed by atoms with E-state index in [9.17, 15) is 31.5 Å². The molecule has 19 heavy (non-hydrogen) atoms. The topological polar surface area (TPSA) is 79.4 Å². The monoisotopic (exact) mass is 287 g/mol. The van der Waals surface area contributed by atoms with Gasteiger partial charge in [-0.05, 0) is 0 Å². The number of ether oxygens (including phenoxy) is 1. The first-order valence-corrected chi connectivity index (χ1v) is 4.62. The van der Waals surface area contributed by atoms with Gasteiger partial charge in [-0.2, -0.15) is 0 Å². The van der Waals surface area contributed by atoms with E-state index < -0.39 is 47.7 Å². The van der Waals surface area contributed by atoms with Crippen LogP contribution in [0.25, 0.3) is 0 Å². The number of nitrogens with one attached hydrogen (secondary N) is 1. The predicted molar refractivity (Wildman–Crippen MR) is 50.0 cm³/mol. The molecule has 1 aromatic rings. The number of aliphatic carboxylic acids is 1. The molecule has 0 saturated carbocycles. The predicted octanol–water partition coefficient (Wildman–Crippen LogP) is 1.84. The highest BCUT2D eigenvalue weighted by molar-refractivity contribution is 5.69. The molecule has 0 bridgehead atoms. The fourth-order valence-electron chi connectivity index (χ4n) is 1.26. The molecule has 0 atom stereocenters. The molecule has 1 aromatic heterocycles. The minimum absolute atomic E-state index is 0.456. The summed E-state index contributed by atoms with van der Waals surface area (Å²) in [5, 5.41) is 8.42. The molecular formula is C9H6F5NO4. The molecule has 0 aliphatic heterocycles. The van der Waals surface area contributed by atoms with E-state index in [0.717, 1.165) is 0 Å². The zero-order valence-corrected chi connectivity index (χ0v) is 8.92. The van der Waals surface area contributed by atoms with Crippen molar-refractivity contribution in [1.29, 1.82) is 0 Å². The largest absolute Gasteiger partial charge is 0.573 e. The third kappa shape index (κ3) is 4.23. The maximum Gasteiger partial charge on any atom is 0.573 e. The lowest BCUT2D eigenvalue weighted by atomic mass is 10.2. The molecule has 2 N–H and O–H groups in total. The minimum Gasteiger partial charge on any atom is -0.481 e. The van der Waals surface area contributed by atoms with E-state index in [1.54, 1.807) is 4.98 Å². The lowest BCUT2D eigenvalue weighted by Crippen LogP contribution is -2.24. The number of carboxylic acids is 1. The van der Waals surface area contributed by atoms with Crippen LogP contribution in [0.2, 0.25) is 0 Å². The first-order valence-electron chi connectivity index (χ1n) is 4.62. The quantitative estimate of drug-likeness (QED) is 0.828. The van der Waals surface area contributed by atoms with Gasteiger partial charge in [-0.25, -0.2) is 8.78 Å². The summed E-state index contributed by atoms with van der Waals surface area (Å²) < 4.78 is 64.2. The van der Waals surface area contributed by atoms with Crippen LogP contribution in [0.3, 0.4) is 0 Å². The Balaban J connectivity index is 3.31. The number of hydrogen-bond acceptors (Lipinski definition) is 3. The Hall–Kier alpha value is -2.13. The van der Waals surface area contributed by atoms with Crippen molar-refractivity contribution in [2.75, 3.05) is 0 Å². The molecule has 0 aliphatic rings. The van der Waals surface area contributed by atoms with Crippen LogP contribution in [0.5, 0.6) is 5.75 Å². The molecular weight excluding hydrogens is 281 g/mol. The zero-order valence-electron chi connectivity index (χ0n) is 8.92. The third-order valence-corrected chi connectivity index (χ3v) is 1.85. The Morgan fingerprint density at radius 1 is 1.42 bits per heavy atom. The molecule has 5 nitrogen and oxygen atoms in total. The number of carbonyl (C=O) groups is 1. The second-order valence-corrected chi connectivity index (χ2v) is 3.32. The normalized spacial score (nSPS) is 11.7. The van der Waals surface area contributed by atoms with Crippen molar-refractivity contribution in [3.05, 3.63) is 27.7 Å². The van der Waals surface area contributed by atoms with Gasteiger partial charge in [0.1, 0.15) is 5.69 Å². The average Bonchev–Trinajstić information content (AvgIpc) is 2.18. The van der Waals surface area contributed by atoms with Crippen LogP contribution in [-0.2, 0) is 11.2 Å². The van der Waals surface area contributed by atoms with Gasteiger partial charge in [-0.15, -0.1) is 13.2 Å². The minimum atomic E-state index is -5.31. The van der Waals surface area contributed by atoms with E-state index in [2.05, 4.69) is 4.74 Å². The highest BCUT2D eigenvalue weighted by atomic mass is 19.4. The van der Waals surface area contributed by atoms with Crippen LogP contribution >= 0.6 is 0 Å². The number of aromatic nitrogens is 1. The summed E-state index contributed by atoms with van der Waals surface area (Å²) in [6.07, 6.45) is -9.59. The average molecular weight is 287 g/mol. The maximum atomic E-state index is 12.5. The molecule has 0 fully saturated rings. The maximum absolute atomic E-state index is 12.5. The van der Waals surface area contributed by atoms with Crippen molar-refractivity contribution in [3.8, 4) is 5.75 Å². The van der Waals surface area contributed by atoms with Gasteiger partial charge in [0.2, 0.25) is 11.2 Å². The van der Waals surface area contributed by atoms with Crippen LogP contribution in [0, 0.1) is 0 Å². The fraction of sp³-hybridized carbons (Fsp3) is 0.333. The number of aromatic amines is 1. The summed E-state index contributed by atoms with van der Waals surface area (Å²) in [6.45, 7) is 0. The number of alkyl halides is 5. The number of halogens is 5. The number of rotatable bonds is 4. The summed E-state index contributed by atoms with van der Waals surface area (Å²) in [6, 6.07) is 0.459. The summed E-state index contributed by atoms with van der Waals surface area (Å²) in [4.78, 5) is 23.4. The Morgan fingerprint density at radius 2 is 2.00 bits per heavy atom. The number of hydrogen-bond donors (Lipinski definition) is 2. The molecule has 0 unspecified atom stereocenters. The van der Waals surface area contributed by atoms with Crippen LogP contribution in [0.4, 0.5) is 22.0 Å². The van der Waals surface area contributed by atoms with Gasteiger partial charge < -0.3 is 14.8 Å². The SMILES string of the molecule is O=C(O)Cc1cc(=O)c(OC(F)(F)F)c(C(F)F)[nH]1. The lowest BCUT2D eigenvalue weighted by Gasteiger charge is -2.13. The molecule has 0 aromatic carbocycles. The van der Waals surface area contributed by atoms with Crippen LogP contribution in [-0.4, -0.2) is 22.4 Å². The number of H-pyrrole nitrogens is 1. The van der Waals surface area contributed by atoms with Crippen LogP contribution < -0.4 is 10.2 Å². The third-order valence-electron chi connectivity index (χ3n) is 1.85. The van der Waals surface area contributed by atoms with Gasteiger partial charge in [-0.1, -0.05) is 0 Å². The summed E-state index contributed by atoms with van der Waals surface area (Å²) in [5.41, 5.74) is -3.36. The molecule has 10 heteroatoms. The first kappa shape index (κ1) is 14.9. The highest BCUT2D eigenvalue weighted by Gasteiger charge is 2.35. The molecule has 106 valence electrons. The number of carboxylic acid groups (broad SMARTS) is 1. The Morgan fingerprint density at radius 3 is 2.42 bits per heavy atom. The van der Waals surface area contributed by atoms with Crippen molar-refractivity contribution in [2.45, 2.75) is 19.2 Å². The Kier molecular flexibility index (Phi) is 4.12. The fourth-order valence-corrected chi connectivity index (χ4v) is 1.26. The summed E-state index contributed by atoms with van der Waals surface area (Å²) in [7, 11) is 0. The van der Waals surface area contributed by atoms with E-state index >= 15 is 0 Å². The van der Waals surface area contributed by atoms with Crippen molar-refractivity contribution in [1.82, 2.24) is 4.98 Å². The van der Waals surface area contributed by atoms with Crippen LogP contribution in [0.15, 0.2) is 10.9 Å². The highest BCUT2D eigenvalue weighted by Crippen LogP contribution is 2.28. The van der Waals surface area contributed by atoms with E-state index in [1.807, 2.05) is 0 Å². The summed E-state index contributed by atoms with van der Waals surface area (Å²) >= 11 is 0. The van der Waals surface area contributed by atoms with E-state index in [4.69, 9.17) is 5.11 Å². The van der Waals surface area contributed by atoms with E-state index in [0.29, 0.717) is 6.07 Å². The molecule has 1 rings (SSSR count). The smallest absolute Gasteiger partial charge is 0.481 e. The molecule has 0 radical (unpaired) electrons. The van der Waals surface area contributed by atoms with Gasteiger partial charge in [0, 0.05) is 11.8 Å². The number of pyridine rings is 1. The van der Waals surface area contributed by atoms with Crippen molar-refractivity contribution in [2.24, 2.45) is 0 Å². The Labute approximate surface area is 101 Å². The second kappa shape index (κ2) is 5.24. The second-order valence-electron chi connectivity index (χ2n) is 3.32. The van der Waals surface area contributed by atoms with Crippen molar-refractivity contribution >= 4 is 5.97 Å². The van der Waals surface area contributed by atoms with Crippen LogP contribution in [0.1, 0.15) is 17.8 Å². The van der Waals surface area contributed by atoms with Gasteiger partial charge in [0.25, 0.3) is 6.43 Å². The van der Waals surface area contributed by atoms with Gasteiger partial charge in [0.15, 0.2) is 0 Å². The summed E-state index contributed by atoms with van der Waals surface area (Å²) in [5.74, 6) is -3.04. The van der Waals surface area contributed by atoms with Crippen molar-refractivity contribution in [3.63, 3.8) is 0 Å². The Bertz CT molecular complexity index is 536. The van der Waals surface area contributed by atoms with Crippen molar-refractivity contribution < 1.29 is 36.6 Å². The first-order chi connectivity index (χ1) is 8.60. The molecule has 0 aliphatic carbocycles. The van der Waals surface area contributed by atoms with Gasteiger partial charge >= 0.3 is 12.3 Å². The van der Waals surface area contributed by atoms with Gasteiger partial charge in [-0.3, -0.25) is 9.59 Å². The van der Waals surface area contributed by atoms with E-state index in [-0.39, 0.29) is 0 Å². The van der Waals surface area contributed by atoms with E-state index in [1.165, 1.54) is 0 Å². The lowest BCUT2D eigenvalue weighted by molar-refractivity contribution is -0.275. The molecule has 1 heterocycles. The van der Waals surface area contributed by atoms with Gasteiger partial charge in [0.05, 0.1) is 6.42 Å². The zero-order chi connectivity index (χ0) is 14.8. The molecule has 0 saturated heterocycles. The standard InChI is InChI=1S/C9H6F5NO4/c10-8(11)6-7(19-9(12,13)14)4(16)1-3(15-6)2-5(17)18/h1,8H,2H2,(H,15,16)(H,17,18). The molecule has 0 amide bonds.